The molecule has 2 N–H and O–H groups in total. The molecule has 0 radical (unpaired) electrons. The number of nitrogens with one attached hydrogen (secondary N) is 2. The maximum atomic E-state index is 13.7. The van der Waals surface area contributed by atoms with Crippen LogP contribution in [0.5, 0.6) is 0 Å². The van der Waals surface area contributed by atoms with Crippen molar-refractivity contribution in [2.24, 2.45) is 0 Å². The van der Waals surface area contributed by atoms with Gasteiger partial charge in [-0.1, -0.05) is 12.1 Å². The van der Waals surface area contributed by atoms with Gasteiger partial charge in [0.25, 0.3) is 11.8 Å². The van der Waals surface area contributed by atoms with Crippen LogP contribution in [0, 0.1) is 25.5 Å². The number of para-hydroxylation sites is 1. The molecule has 0 unspecified atom stereocenters. The van der Waals surface area contributed by atoms with E-state index in [9.17, 15) is 18.4 Å². The Morgan fingerprint density at radius 2 is 1.43 bits per heavy atom. The summed E-state index contributed by atoms with van der Waals surface area (Å²) in [5.74, 6) is -3.03. The molecule has 0 atom stereocenters. The highest BCUT2D eigenvalue weighted by atomic mass is 19.1. The molecule has 0 fully saturated rings. The molecule has 0 spiro atoms. The lowest BCUT2D eigenvalue weighted by Crippen LogP contribution is -2.17. The first-order chi connectivity index (χ1) is 13.3. The molecule has 1 aromatic heterocycles. The maximum absolute atomic E-state index is 13.7. The van der Waals surface area contributed by atoms with Crippen molar-refractivity contribution in [1.82, 2.24) is 4.98 Å². The van der Waals surface area contributed by atoms with E-state index < -0.39 is 29.1 Å². The monoisotopic (exact) mass is 381 g/mol. The Morgan fingerprint density at radius 1 is 0.821 bits per heavy atom. The molecule has 5 nitrogen and oxygen atoms in total. The summed E-state index contributed by atoms with van der Waals surface area (Å²) >= 11 is 0. The van der Waals surface area contributed by atoms with Gasteiger partial charge in [-0.05, 0) is 55.3 Å². The third-order valence-corrected chi connectivity index (χ3v) is 4.23. The summed E-state index contributed by atoms with van der Waals surface area (Å²) in [5, 5.41) is 4.89. The maximum Gasteiger partial charge on any atom is 0.257 e. The van der Waals surface area contributed by atoms with Crippen molar-refractivity contribution in [3.63, 3.8) is 0 Å². The first kappa shape index (κ1) is 19.2. The van der Waals surface area contributed by atoms with Crippen LogP contribution in [-0.2, 0) is 0 Å². The Labute approximate surface area is 160 Å². The predicted molar refractivity (Wildman–Crippen MR) is 102 cm³/mol. The summed E-state index contributed by atoms with van der Waals surface area (Å²) in [7, 11) is 0. The van der Waals surface area contributed by atoms with E-state index in [-0.39, 0.29) is 11.1 Å². The minimum absolute atomic E-state index is 0.00427. The fourth-order valence-corrected chi connectivity index (χ4v) is 2.51. The molecule has 2 amide bonds. The van der Waals surface area contributed by atoms with E-state index >= 15 is 0 Å². The van der Waals surface area contributed by atoms with Crippen LogP contribution < -0.4 is 10.6 Å². The minimum atomic E-state index is -0.898. The quantitative estimate of drug-likeness (QED) is 0.700. The number of hydrogen-bond donors (Lipinski definition) is 2. The predicted octanol–water partition coefficient (Wildman–Crippen LogP) is 4.48. The number of benzene rings is 2. The first-order valence-corrected chi connectivity index (χ1v) is 8.44. The molecule has 0 saturated carbocycles. The average Bonchev–Trinajstić information content (AvgIpc) is 2.67. The van der Waals surface area contributed by atoms with E-state index in [2.05, 4.69) is 15.6 Å². The van der Waals surface area contributed by atoms with Gasteiger partial charge in [0.15, 0.2) is 0 Å². The molecule has 3 rings (SSSR count). The third kappa shape index (κ3) is 4.20. The van der Waals surface area contributed by atoms with E-state index in [0.29, 0.717) is 5.69 Å². The van der Waals surface area contributed by atoms with E-state index in [1.807, 2.05) is 26.0 Å². The van der Waals surface area contributed by atoms with Crippen molar-refractivity contribution in [2.75, 3.05) is 10.6 Å². The molecule has 28 heavy (non-hydrogen) atoms. The lowest BCUT2D eigenvalue weighted by Gasteiger charge is -2.10. The number of pyridine rings is 1. The molecule has 0 bridgehead atoms. The van der Waals surface area contributed by atoms with Crippen molar-refractivity contribution < 1.29 is 18.4 Å². The van der Waals surface area contributed by atoms with Crippen molar-refractivity contribution in [2.45, 2.75) is 13.8 Å². The minimum Gasteiger partial charge on any atom is -0.322 e. The van der Waals surface area contributed by atoms with Gasteiger partial charge in [-0.3, -0.25) is 14.6 Å². The molecular weight excluding hydrogens is 364 g/mol. The van der Waals surface area contributed by atoms with Gasteiger partial charge in [-0.2, -0.15) is 0 Å². The largest absolute Gasteiger partial charge is 0.322 e. The highest BCUT2D eigenvalue weighted by molar-refractivity contribution is 6.08. The number of anilines is 2. The zero-order chi connectivity index (χ0) is 20.3. The number of rotatable bonds is 4. The summed E-state index contributed by atoms with van der Waals surface area (Å²) in [6.07, 6.45) is 2.51. The van der Waals surface area contributed by atoms with Gasteiger partial charge < -0.3 is 10.6 Å². The Balaban J connectivity index is 1.78. The fraction of sp³-hybridized carbons (Fsp3) is 0.0952. The summed E-state index contributed by atoms with van der Waals surface area (Å²) in [6.45, 7) is 3.89. The van der Waals surface area contributed by atoms with E-state index in [1.165, 1.54) is 24.5 Å². The Hall–Kier alpha value is -3.61. The van der Waals surface area contributed by atoms with Crippen molar-refractivity contribution in [3.8, 4) is 0 Å². The lowest BCUT2D eigenvalue weighted by atomic mass is 10.1. The van der Waals surface area contributed by atoms with E-state index in [4.69, 9.17) is 0 Å². The van der Waals surface area contributed by atoms with Crippen LogP contribution in [0.15, 0.2) is 54.9 Å². The van der Waals surface area contributed by atoms with Gasteiger partial charge >= 0.3 is 0 Å². The summed E-state index contributed by atoms with van der Waals surface area (Å²) in [5.41, 5.74) is 2.30. The summed E-state index contributed by atoms with van der Waals surface area (Å²) < 4.78 is 27.4. The van der Waals surface area contributed by atoms with Crippen LogP contribution in [-0.4, -0.2) is 16.8 Å². The van der Waals surface area contributed by atoms with Gasteiger partial charge in [0.1, 0.15) is 17.3 Å². The van der Waals surface area contributed by atoms with Gasteiger partial charge in [0, 0.05) is 18.1 Å². The number of amides is 2. The fourth-order valence-electron chi connectivity index (χ4n) is 2.51. The molecule has 142 valence electrons. The van der Waals surface area contributed by atoms with E-state index in [0.717, 1.165) is 23.3 Å². The average molecular weight is 381 g/mol. The van der Waals surface area contributed by atoms with Crippen molar-refractivity contribution in [1.29, 1.82) is 0 Å². The lowest BCUT2D eigenvalue weighted by molar-refractivity contribution is 0.102. The van der Waals surface area contributed by atoms with Crippen molar-refractivity contribution in [3.05, 3.63) is 88.7 Å². The number of carbonyl (C=O) groups is 2. The Kier molecular flexibility index (Phi) is 5.44. The highest BCUT2D eigenvalue weighted by Crippen LogP contribution is 2.19. The number of nitrogens with zero attached hydrogens (tertiary/aromatic N) is 1. The molecule has 3 aromatic rings. The third-order valence-electron chi connectivity index (χ3n) is 4.23. The number of halogens is 2. The molecule has 7 heteroatoms. The standard InChI is InChI=1S/C21H17F2N3O2/c1-12-6-7-16(8-13(12)2)25-20(27)14-9-15(11-24-10-14)21(28)26-19-17(22)4-3-5-18(19)23/h3-11H,1-2H3,(H,25,27)(H,26,28). The zero-order valence-corrected chi connectivity index (χ0v) is 15.2. The van der Waals surface area contributed by atoms with Gasteiger partial charge in [-0.25, -0.2) is 8.78 Å². The number of hydrogen-bond acceptors (Lipinski definition) is 3. The Bertz CT molecular complexity index is 1050. The topological polar surface area (TPSA) is 71.1 Å². The molecule has 0 aliphatic carbocycles. The smallest absolute Gasteiger partial charge is 0.257 e. The second-order valence-electron chi connectivity index (χ2n) is 6.27. The number of carbonyl (C=O) groups excluding carboxylic acids is 2. The van der Waals surface area contributed by atoms with Crippen molar-refractivity contribution >= 4 is 23.2 Å². The molecule has 0 aliphatic rings. The Morgan fingerprint density at radius 3 is 2.04 bits per heavy atom. The normalized spacial score (nSPS) is 10.4. The molecular formula is C21H17F2N3O2. The highest BCUT2D eigenvalue weighted by Gasteiger charge is 2.16. The molecule has 0 aliphatic heterocycles. The first-order valence-electron chi connectivity index (χ1n) is 8.44. The van der Waals surface area contributed by atoms with Gasteiger partial charge in [-0.15, -0.1) is 0 Å². The van der Waals surface area contributed by atoms with Gasteiger partial charge in [0.2, 0.25) is 0 Å². The van der Waals surface area contributed by atoms with Crippen LogP contribution in [0.1, 0.15) is 31.8 Å². The SMILES string of the molecule is Cc1ccc(NC(=O)c2cncc(C(=O)Nc3c(F)cccc3F)c2)cc1C. The molecule has 1 heterocycles. The zero-order valence-electron chi connectivity index (χ0n) is 15.2. The second kappa shape index (κ2) is 7.96. The van der Waals surface area contributed by atoms with Crippen LogP contribution in [0.3, 0.4) is 0 Å². The van der Waals surface area contributed by atoms with Gasteiger partial charge in [0.05, 0.1) is 11.1 Å². The van der Waals surface area contributed by atoms with E-state index in [1.54, 1.807) is 6.07 Å². The van der Waals surface area contributed by atoms with Crippen LogP contribution in [0.25, 0.3) is 0 Å². The molecule has 2 aromatic carbocycles. The molecule has 0 saturated heterocycles. The second-order valence-corrected chi connectivity index (χ2v) is 6.27. The number of aryl methyl sites for hydroxylation is 2. The summed E-state index contributed by atoms with van der Waals surface area (Å²) in [6, 6.07) is 10.0. The summed E-state index contributed by atoms with van der Waals surface area (Å²) in [4.78, 5) is 28.6. The van der Waals surface area contributed by atoms with Crippen LogP contribution >= 0.6 is 0 Å². The number of aromatic nitrogens is 1. The van der Waals surface area contributed by atoms with Crippen LogP contribution in [0.2, 0.25) is 0 Å². The van der Waals surface area contributed by atoms with Crippen LogP contribution in [0.4, 0.5) is 20.2 Å².